The number of anilines is 2. The maximum absolute atomic E-state index is 12.0. The average Bonchev–Trinajstić information content (AvgIpc) is 2.26. The fraction of sp³-hybridized carbons (Fsp3) is 0.533. The predicted molar refractivity (Wildman–Crippen MR) is 81.6 cm³/mol. The predicted octanol–water partition coefficient (Wildman–Crippen LogP) is 2.50. The maximum atomic E-state index is 12.0. The van der Waals surface area contributed by atoms with Crippen LogP contribution in [0.15, 0.2) is 18.2 Å². The minimum Gasteiger partial charge on any atom is -0.397 e. The molecule has 19 heavy (non-hydrogen) atoms. The first-order chi connectivity index (χ1) is 8.70. The van der Waals surface area contributed by atoms with Crippen molar-refractivity contribution in [2.45, 2.75) is 27.2 Å². The Morgan fingerprint density at radius 3 is 2.42 bits per heavy atom. The molecular weight excluding hydrogens is 238 g/mol. The molecule has 0 fully saturated rings. The SMILES string of the molecule is CN(C)c1ccc(C(=O)NCCC(C)(C)C)cc1N. The standard InChI is InChI=1S/C15H25N3O/c1-15(2,3)8-9-17-14(19)11-6-7-13(18(4)5)12(16)10-11/h6-7,10H,8-9,16H2,1-5H3,(H,17,19). The van der Waals surface area contributed by atoms with E-state index < -0.39 is 0 Å². The van der Waals surface area contributed by atoms with Crippen LogP contribution in [0.5, 0.6) is 0 Å². The van der Waals surface area contributed by atoms with Crippen LogP contribution < -0.4 is 16.0 Å². The normalized spacial score (nSPS) is 11.2. The highest BCUT2D eigenvalue weighted by atomic mass is 16.1. The van der Waals surface area contributed by atoms with Gasteiger partial charge >= 0.3 is 0 Å². The quantitative estimate of drug-likeness (QED) is 0.821. The van der Waals surface area contributed by atoms with Gasteiger partial charge in [-0.1, -0.05) is 20.8 Å². The van der Waals surface area contributed by atoms with Gasteiger partial charge in [-0.25, -0.2) is 0 Å². The number of carbonyl (C=O) groups is 1. The molecule has 0 heterocycles. The highest BCUT2D eigenvalue weighted by molar-refractivity contribution is 5.96. The minimum atomic E-state index is -0.0683. The molecule has 0 aliphatic heterocycles. The fourth-order valence-electron chi connectivity index (χ4n) is 1.76. The van der Waals surface area contributed by atoms with E-state index >= 15 is 0 Å². The summed E-state index contributed by atoms with van der Waals surface area (Å²) in [7, 11) is 3.85. The van der Waals surface area contributed by atoms with Gasteiger partial charge < -0.3 is 16.0 Å². The number of hydrogen-bond acceptors (Lipinski definition) is 3. The van der Waals surface area contributed by atoms with E-state index in [1.54, 1.807) is 12.1 Å². The molecule has 0 aromatic heterocycles. The lowest BCUT2D eigenvalue weighted by atomic mass is 9.92. The first-order valence-electron chi connectivity index (χ1n) is 6.56. The zero-order valence-corrected chi connectivity index (χ0v) is 12.6. The molecule has 4 nitrogen and oxygen atoms in total. The zero-order valence-electron chi connectivity index (χ0n) is 12.6. The molecule has 1 rings (SSSR count). The van der Waals surface area contributed by atoms with Crippen molar-refractivity contribution in [2.75, 3.05) is 31.3 Å². The van der Waals surface area contributed by atoms with E-state index in [2.05, 4.69) is 26.1 Å². The van der Waals surface area contributed by atoms with Gasteiger partial charge in [0.1, 0.15) is 0 Å². The van der Waals surface area contributed by atoms with E-state index in [-0.39, 0.29) is 11.3 Å². The largest absolute Gasteiger partial charge is 0.397 e. The third kappa shape index (κ3) is 4.81. The van der Waals surface area contributed by atoms with Gasteiger partial charge in [0.25, 0.3) is 5.91 Å². The monoisotopic (exact) mass is 263 g/mol. The number of amides is 1. The summed E-state index contributed by atoms with van der Waals surface area (Å²) < 4.78 is 0. The van der Waals surface area contributed by atoms with Crippen molar-refractivity contribution in [1.82, 2.24) is 5.32 Å². The summed E-state index contributed by atoms with van der Waals surface area (Å²) in [4.78, 5) is 13.9. The van der Waals surface area contributed by atoms with E-state index in [1.807, 2.05) is 25.1 Å². The van der Waals surface area contributed by atoms with E-state index in [0.717, 1.165) is 12.1 Å². The summed E-state index contributed by atoms with van der Waals surface area (Å²) in [5.74, 6) is -0.0683. The van der Waals surface area contributed by atoms with E-state index in [0.29, 0.717) is 17.8 Å². The van der Waals surface area contributed by atoms with Gasteiger partial charge in [-0.2, -0.15) is 0 Å². The smallest absolute Gasteiger partial charge is 0.251 e. The summed E-state index contributed by atoms with van der Waals surface area (Å²) in [6, 6.07) is 5.40. The Morgan fingerprint density at radius 1 is 1.32 bits per heavy atom. The summed E-state index contributed by atoms with van der Waals surface area (Å²) in [5, 5.41) is 2.92. The molecular formula is C15H25N3O. The third-order valence-corrected chi connectivity index (χ3v) is 2.93. The average molecular weight is 263 g/mol. The molecule has 0 atom stereocenters. The molecule has 0 spiro atoms. The number of benzene rings is 1. The topological polar surface area (TPSA) is 58.4 Å². The minimum absolute atomic E-state index is 0.0683. The molecule has 0 saturated carbocycles. The van der Waals surface area contributed by atoms with Crippen LogP contribution in [-0.2, 0) is 0 Å². The summed E-state index contributed by atoms with van der Waals surface area (Å²) >= 11 is 0. The van der Waals surface area contributed by atoms with Gasteiger partial charge in [-0.15, -0.1) is 0 Å². The van der Waals surface area contributed by atoms with Crippen molar-refractivity contribution in [3.8, 4) is 0 Å². The summed E-state index contributed by atoms with van der Waals surface area (Å²) in [6.45, 7) is 7.15. The lowest BCUT2D eigenvalue weighted by Gasteiger charge is -2.18. The first-order valence-corrected chi connectivity index (χ1v) is 6.56. The molecule has 4 heteroatoms. The fourth-order valence-corrected chi connectivity index (χ4v) is 1.76. The van der Waals surface area contributed by atoms with Gasteiger partial charge in [0.05, 0.1) is 11.4 Å². The summed E-state index contributed by atoms with van der Waals surface area (Å²) in [5.41, 5.74) is 8.31. The zero-order chi connectivity index (χ0) is 14.6. The van der Waals surface area contributed by atoms with Crippen molar-refractivity contribution in [2.24, 2.45) is 5.41 Å². The van der Waals surface area contributed by atoms with Crippen LogP contribution in [0, 0.1) is 5.41 Å². The van der Waals surface area contributed by atoms with Crippen LogP contribution in [0.4, 0.5) is 11.4 Å². The molecule has 0 saturated heterocycles. The highest BCUT2D eigenvalue weighted by Gasteiger charge is 2.12. The number of rotatable bonds is 4. The number of carbonyl (C=O) groups excluding carboxylic acids is 1. The van der Waals surface area contributed by atoms with Crippen molar-refractivity contribution < 1.29 is 4.79 Å². The van der Waals surface area contributed by atoms with Gasteiger partial charge in [-0.3, -0.25) is 4.79 Å². The Balaban J connectivity index is 2.66. The van der Waals surface area contributed by atoms with Gasteiger partial charge in [0.15, 0.2) is 0 Å². The van der Waals surface area contributed by atoms with Crippen LogP contribution in [-0.4, -0.2) is 26.5 Å². The first kappa shape index (κ1) is 15.3. The summed E-state index contributed by atoms with van der Waals surface area (Å²) in [6.07, 6.45) is 0.948. The molecule has 1 aromatic carbocycles. The molecule has 0 unspecified atom stereocenters. The number of nitrogen functional groups attached to an aromatic ring is 1. The maximum Gasteiger partial charge on any atom is 0.251 e. The van der Waals surface area contributed by atoms with E-state index in [9.17, 15) is 4.79 Å². The Bertz CT molecular complexity index is 447. The number of hydrogen-bond donors (Lipinski definition) is 2. The van der Waals surface area contributed by atoms with Crippen LogP contribution in [0.1, 0.15) is 37.6 Å². The van der Waals surface area contributed by atoms with Crippen molar-refractivity contribution >= 4 is 17.3 Å². The van der Waals surface area contributed by atoms with Crippen molar-refractivity contribution in [1.29, 1.82) is 0 Å². The van der Waals surface area contributed by atoms with Crippen molar-refractivity contribution in [3.63, 3.8) is 0 Å². The molecule has 0 aliphatic carbocycles. The van der Waals surface area contributed by atoms with Gasteiger partial charge in [-0.05, 0) is 30.0 Å². The molecule has 3 N–H and O–H groups in total. The van der Waals surface area contributed by atoms with Gasteiger partial charge in [0.2, 0.25) is 0 Å². The number of nitrogens with two attached hydrogens (primary N) is 1. The third-order valence-electron chi connectivity index (χ3n) is 2.93. The van der Waals surface area contributed by atoms with Gasteiger partial charge in [0, 0.05) is 26.2 Å². The lowest BCUT2D eigenvalue weighted by Crippen LogP contribution is -2.27. The highest BCUT2D eigenvalue weighted by Crippen LogP contribution is 2.22. The second-order valence-corrected chi connectivity index (χ2v) is 6.23. The molecule has 1 aromatic rings. The Labute approximate surface area is 116 Å². The van der Waals surface area contributed by atoms with Crippen LogP contribution in [0.2, 0.25) is 0 Å². The Hall–Kier alpha value is -1.71. The molecule has 0 bridgehead atoms. The lowest BCUT2D eigenvalue weighted by molar-refractivity contribution is 0.0949. The van der Waals surface area contributed by atoms with Crippen molar-refractivity contribution in [3.05, 3.63) is 23.8 Å². The van der Waals surface area contributed by atoms with Crippen LogP contribution in [0.3, 0.4) is 0 Å². The van der Waals surface area contributed by atoms with Crippen LogP contribution >= 0.6 is 0 Å². The number of nitrogens with one attached hydrogen (secondary N) is 1. The number of nitrogens with zero attached hydrogens (tertiary/aromatic N) is 1. The molecule has 0 radical (unpaired) electrons. The van der Waals surface area contributed by atoms with Crippen LogP contribution in [0.25, 0.3) is 0 Å². The molecule has 1 amide bonds. The second kappa shape index (κ2) is 5.95. The Morgan fingerprint density at radius 2 is 1.95 bits per heavy atom. The van der Waals surface area contributed by atoms with E-state index in [1.165, 1.54) is 0 Å². The molecule has 0 aliphatic rings. The Kier molecular flexibility index (Phi) is 4.81. The second-order valence-electron chi connectivity index (χ2n) is 6.23. The van der Waals surface area contributed by atoms with E-state index in [4.69, 9.17) is 5.73 Å². The molecule has 106 valence electrons.